The highest BCUT2D eigenvalue weighted by molar-refractivity contribution is 9.10. The monoisotopic (exact) mass is 284 g/mol. The number of nitrogens with two attached hydrogens (primary N) is 1. The molecule has 2 N–H and O–H groups in total. The molecule has 3 heteroatoms. The van der Waals surface area contributed by atoms with Crippen LogP contribution in [0.2, 0.25) is 0 Å². The number of rotatable bonds is 6. The number of hydrogen-bond donors (Lipinski definition) is 1. The fourth-order valence-corrected chi connectivity index (χ4v) is 2.43. The Morgan fingerprint density at radius 2 is 2.19 bits per heavy atom. The van der Waals surface area contributed by atoms with Gasteiger partial charge in [-0.2, -0.15) is 0 Å². The Hall–Kier alpha value is -0.380. The Bertz CT molecular complexity index is 315. The molecule has 1 unspecified atom stereocenters. The molecule has 0 heterocycles. The summed E-state index contributed by atoms with van der Waals surface area (Å²) in [7, 11) is 2.17. The van der Waals surface area contributed by atoms with Gasteiger partial charge in [-0.15, -0.1) is 0 Å². The summed E-state index contributed by atoms with van der Waals surface area (Å²) in [5.41, 5.74) is 6.97. The molecule has 0 spiro atoms. The maximum Gasteiger partial charge on any atom is 0.0234 e. The molecule has 0 bridgehead atoms. The van der Waals surface area contributed by atoms with Crippen LogP contribution >= 0.6 is 15.9 Å². The summed E-state index contributed by atoms with van der Waals surface area (Å²) in [5.74, 6) is 0. The molecule has 0 aliphatic heterocycles. The quantitative estimate of drug-likeness (QED) is 0.870. The van der Waals surface area contributed by atoms with Gasteiger partial charge in [0.15, 0.2) is 0 Å². The van der Waals surface area contributed by atoms with E-state index in [2.05, 4.69) is 59.1 Å². The average molecular weight is 285 g/mol. The second-order valence-electron chi connectivity index (χ2n) is 4.18. The first-order chi connectivity index (χ1) is 7.67. The van der Waals surface area contributed by atoms with Gasteiger partial charge >= 0.3 is 0 Å². The first kappa shape index (κ1) is 13.7. The van der Waals surface area contributed by atoms with Crippen LogP contribution in [0, 0.1) is 0 Å². The largest absolute Gasteiger partial charge is 0.330 e. The van der Waals surface area contributed by atoms with E-state index in [0.717, 1.165) is 30.4 Å². The Labute approximate surface area is 107 Å². The second kappa shape index (κ2) is 7.05. The van der Waals surface area contributed by atoms with Crippen LogP contribution in [0.3, 0.4) is 0 Å². The van der Waals surface area contributed by atoms with Crippen molar-refractivity contribution in [3.63, 3.8) is 0 Å². The molecule has 0 aliphatic rings. The summed E-state index contributed by atoms with van der Waals surface area (Å²) >= 11 is 3.50. The van der Waals surface area contributed by atoms with E-state index in [4.69, 9.17) is 5.73 Å². The van der Waals surface area contributed by atoms with Crippen molar-refractivity contribution in [1.29, 1.82) is 0 Å². The third kappa shape index (κ3) is 4.24. The summed E-state index contributed by atoms with van der Waals surface area (Å²) < 4.78 is 1.14. The summed E-state index contributed by atoms with van der Waals surface area (Å²) in [6.07, 6.45) is 2.22. The topological polar surface area (TPSA) is 29.3 Å². The maximum atomic E-state index is 5.63. The van der Waals surface area contributed by atoms with Crippen LogP contribution in [-0.2, 0) is 6.54 Å². The van der Waals surface area contributed by atoms with Crippen molar-refractivity contribution in [1.82, 2.24) is 4.90 Å². The van der Waals surface area contributed by atoms with Crippen molar-refractivity contribution in [3.8, 4) is 0 Å². The van der Waals surface area contributed by atoms with Crippen LogP contribution in [0.1, 0.15) is 25.3 Å². The summed E-state index contributed by atoms with van der Waals surface area (Å²) in [6, 6.07) is 9.06. The Morgan fingerprint density at radius 1 is 1.44 bits per heavy atom. The Balaban J connectivity index is 2.58. The predicted octanol–water partition coefficient (Wildman–Crippen LogP) is 3.01. The first-order valence-electron chi connectivity index (χ1n) is 5.82. The van der Waals surface area contributed by atoms with E-state index in [1.165, 1.54) is 5.56 Å². The molecule has 0 aliphatic carbocycles. The van der Waals surface area contributed by atoms with E-state index in [-0.39, 0.29) is 0 Å². The van der Waals surface area contributed by atoms with Crippen LogP contribution in [0.5, 0.6) is 0 Å². The van der Waals surface area contributed by atoms with E-state index in [0.29, 0.717) is 6.04 Å². The molecule has 0 saturated carbocycles. The standard InChI is InChI=1S/C13H21BrN2/c1-3-13(7-8-15)16(2)10-11-5-4-6-12(14)9-11/h4-6,9,13H,3,7-8,10,15H2,1-2H3. The minimum absolute atomic E-state index is 0.587. The van der Waals surface area contributed by atoms with Gasteiger partial charge in [0.05, 0.1) is 0 Å². The van der Waals surface area contributed by atoms with Gasteiger partial charge < -0.3 is 5.73 Å². The van der Waals surface area contributed by atoms with Crippen LogP contribution in [-0.4, -0.2) is 24.5 Å². The lowest BCUT2D eigenvalue weighted by atomic mass is 10.1. The second-order valence-corrected chi connectivity index (χ2v) is 5.10. The Morgan fingerprint density at radius 3 is 2.75 bits per heavy atom. The van der Waals surface area contributed by atoms with Crippen LogP contribution < -0.4 is 5.73 Å². The predicted molar refractivity (Wildman–Crippen MR) is 73.4 cm³/mol. The smallest absolute Gasteiger partial charge is 0.0234 e. The lowest BCUT2D eigenvalue weighted by Gasteiger charge is -2.26. The van der Waals surface area contributed by atoms with Crippen molar-refractivity contribution in [3.05, 3.63) is 34.3 Å². The zero-order valence-corrected chi connectivity index (χ0v) is 11.7. The van der Waals surface area contributed by atoms with Crippen LogP contribution in [0.15, 0.2) is 28.7 Å². The average Bonchev–Trinajstić information content (AvgIpc) is 2.25. The van der Waals surface area contributed by atoms with E-state index in [9.17, 15) is 0 Å². The van der Waals surface area contributed by atoms with Crippen LogP contribution in [0.4, 0.5) is 0 Å². The van der Waals surface area contributed by atoms with Crippen molar-refractivity contribution < 1.29 is 0 Å². The fourth-order valence-electron chi connectivity index (χ4n) is 1.98. The zero-order chi connectivity index (χ0) is 12.0. The van der Waals surface area contributed by atoms with Crippen molar-refractivity contribution in [2.45, 2.75) is 32.4 Å². The van der Waals surface area contributed by atoms with E-state index < -0.39 is 0 Å². The third-order valence-electron chi connectivity index (χ3n) is 2.92. The molecule has 1 atom stereocenters. The van der Waals surface area contributed by atoms with Gasteiger partial charge in [-0.1, -0.05) is 35.0 Å². The lowest BCUT2D eigenvalue weighted by Crippen LogP contribution is -2.32. The molecule has 0 amide bonds. The molecule has 1 aromatic rings. The van der Waals surface area contributed by atoms with Gasteiger partial charge in [-0.3, -0.25) is 4.90 Å². The van der Waals surface area contributed by atoms with Crippen LogP contribution in [0.25, 0.3) is 0 Å². The highest BCUT2D eigenvalue weighted by Gasteiger charge is 2.11. The minimum Gasteiger partial charge on any atom is -0.330 e. The molecule has 16 heavy (non-hydrogen) atoms. The number of benzene rings is 1. The van der Waals surface area contributed by atoms with Gasteiger partial charge in [0.2, 0.25) is 0 Å². The molecular formula is C13H21BrN2. The molecule has 2 nitrogen and oxygen atoms in total. The van der Waals surface area contributed by atoms with E-state index in [1.807, 2.05) is 0 Å². The zero-order valence-electron chi connectivity index (χ0n) is 10.1. The van der Waals surface area contributed by atoms with Gasteiger partial charge in [-0.05, 0) is 44.1 Å². The van der Waals surface area contributed by atoms with Gasteiger partial charge in [-0.25, -0.2) is 0 Å². The van der Waals surface area contributed by atoms with Crippen molar-refractivity contribution in [2.24, 2.45) is 5.73 Å². The van der Waals surface area contributed by atoms with Gasteiger partial charge in [0, 0.05) is 17.1 Å². The molecule has 1 rings (SSSR count). The highest BCUT2D eigenvalue weighted by Crippen LogP contribution is 2.15. The summed E-state index contributed by atoms with van der Waals surface area (Å²) in [6.45, 7) is 3.97. The van der Waals surface area contributed by atoms with E-state index >= 15 is 0 Å². The lowest BCUT2D eigenvalue weighted by molar-refractivity contribution is 0.218. The molecular weight excluding hydrogens is 264 g/mol. The van der Waals surface area contributed by atoms with E-state index in [1.54, 1.807) is 0 Å². The number of hydrogen-bond acceptors (Lipinski definition) is 2. The summed E-state index contributed by atoms with van der Waals surface area (Å²) in [5, 5.41) is 0. The molecule has 0 aromatic heterocycles. The highest BCUT2D eigenvalue weighted by atomic mass is 79.9. The molecule has 90 valence electrons. The van der Waals surface area contributed by atoms with Gasteiger partial charge in [0.25, 0.3) is 0 Å². The Kier molecular flexibility index (Phi) is 6.03. The SMILES string of the molecule is CCC(CCN)N(C)Cc1cccc(Br)c1. The first-order valence-corrected chi connectivity index (χ1v) is 6.61. The number of nitrogens with zero attached hydrogens (tertiary/aromatic N) is 1. The summed E-state index contributed by atoms with van der Waals surface area (Å²) in [4.78, 5) is 2.38. The minimum atomic E-state index is 0.587. The molecule has 0 saturated heterocycles. The normalized spacial score (nSPS) is 13.1. The number of halogens is 1. The molecule has 0 fully saturated rings. The fraction of sp³-hybridized carbons (Fsp3) is 0.538. The van der Waals surface area contributed by atoms with Gasteiger partial charge in [0.1, 0.15) is 0 Å². The molecule has 0 radical (unpaired) electrons. The molecule has 1 aromatic carbocycles. The van der Waals surface area contributed by atoms with Crippen molar-refractivity contribution in [2.75, 3.05) is 13.6 Å². The van der Waals surface area contributed by atoms with Crippen molar-refractivity contribution >= 4 is 15.9 Å². The maximum absolute atomic E-state index is 5.63. The third-order valence-corrected chi connectivity index (χ3v) is 3.41.